The zero-order chi connectivity index (χ0) is 20.2. The standard InChI is InChI=1S/C22H19FN4O2/c23-18-5-3-15(4-6-18)13-27-14-17(20-2-1-8-26-21(20)27)11-24-12-19-10-16(22(28)29)7-9-25-19/h1-10,14,24H,11-13H2,(H,28,29). The average Bonchev–Trinajstić information content (AvgIpc) is 3.08. The van der Waals surface area contributed by atoms with Crippen LogP contribution in [0.15, 0.2) is 67.1 Å². The molecule has 4 aromatic rings. The number of carboxylic acids is 1. The van der Waals surface area contributed by atoms with E-state index in [0.29, 0.717) is 25.3 Å². The van der Waals surface area contributed by atoms with E-state index in [9.17, 15) is 9.18 Å². The van der Waals surface area contributed by atoms with Gasteiger partial charge in [0.2, 0.25) is 0 Å². The van der Waals surface area contributed by atoms with Gasteiger partial charge < -0.3 is 15.0 Å². The molecule has 0 aliphatic carbocycles. The van der Waals surface area contributed by atoms with Crippen molar-refractivity contribution in [1.29, 1.82) is 0 Å². The third kappa shape index (κ3) is 4.30. The molecule has 0 atom stereocenters. The third-order valence-electron chi connectivity index (χ3n) is 4.67. The van der Waals surface area contributed by atoms with Gasteiger partial charge in [0.1, 0.15) is 11.5 Å². The first-order valence-corrected chi connectivity index (χ1v) is 9.16. The van der Waals surface area contributed by atoms with Crippen molar-refractivity contribution in [1.82, 2.24) is 19.9 Å². The zero-order valence-corrected chi connectivity index (χ0v) is 15.5. The summed E-state index contributed by atoms with van der Waals surface area (Å²) in [6.45, 7) is 1.62. The molecular formula is C22H19FN4O2. The van der Waals surface area contributed by atoms with Gasteiger partial charge in [0.25, 0.3) is 0 Å². The van der Waals surface area contributed by atoms with E-state index in [2.05, 4.69) is 15.3 Å². The number of carbonyl (C=O) groups is 1. The molecule has 0 aliphatic rings. The maximum Gasteiger partial charge on any atom is 0.335 e. The summed E-state index contributed by atoms with van der Waals surface area (Å²) in [4.78, 5) is 19.8. The second kappa shape index (κ2) is 8.20. The largest absolute Gasteiger partial charge is 0.478 e. The van der Waals surface area contributed by atoms with Gasteiger partial charge in [-0.2, -0.15) is 0 Å². The first-order valence-electron chi connectivity index (χ1n) is 9.16. The number of rotatable bonds is 7. The Morgan fingerprint density at radius 3 is 2.69 bits per heavy atom. The summed E-state index contributed by atoms with van der Waals surface area (Å²) >= 11 is 0. The van der Waals surface area contributed by atoms with E-state index in [1.165, 1.54) is 24.4 Å². The van der Waals surface area contributed by atoms with E-state index in [1.807, 2.05) is 22.9 Å². The minimum Gasteiger partial charge on any atom is -0.478 e. The fourth-order valence-corrected chi connectivity index (χ4v) is 3.28. The molecule has 146 valence electrons. The highest BCUT2D eigenvalue weighted by Gasteiger charge is 2.10. The highest BCUT2D eigenvalue weighted by molar-refractivity contribution is 5.87. The van der Waals surface area contributed by atoms with Gasteiger partial charge in [0.05, 0.1) is 11.3 Å². The quantitative estimate of drug-likeness (QED) is 0.504. The van der Waals surface area contributed by atoms with Crippen LogP contribution in [-0.2, 0) is 19.6 Å². The van der Waals surface area contributed by atoms with Crippen LogP contribution >= 0.6 is 0 Å². The van der Waals surface area contributed by atoms with E-state index < -0.39 is 5.97 Å². The molecule has 0 fully saturated rings. The lowest BCUT2D eigenvalue weighted by molar-refractivity contribution is 0.0696. The molecular weight excluding hydrogens is 371 g/mol. The number of halogens is 1. The van der Waals surface area contributed by atoms with Crippen molar-refractivity contribution in [3.8, 4) is 0 Å². The SMILES string of the molecule is O=C(O)c1ccnc(CNCc2cn(Cc3ccc(F)cc3)c3ncccc23)c1. The van der Waals surface area contributed by atoms with E-state index in [1.54, 1.807) is 24.4 Å². The minimum absolute atomic E-state index is 0.219. The Hall–Kier alpha value is -3.58. The predicted molar refractivity (Wildman–Crippen MR) is 107 cm³/mol. The lowest BCUT2D eigenvalue weighted by Gasteiger charge is -2.05. The van der Waals surface area contributed by atoms with Crippen molar-refractivity contribution in [2.24, 2.45) is 0 Å². The molecule has 0 amide bonds. The number of hydrogen-bond donors (Lipinski definition) is 2. The molecule has 29 heavy (non-hydrogen) atoms. The number of fused-ring (bicyclic) bond motifs is 1. The highest BCUT2D eigenvalue weighted by atomic mass is 19.1. The number of aromatic carboxylic acids is 1. The van der Waals surface area contributed by atoms with Gasteiger partial charge in [-0.05, 0) is 47.5 Å². The first-order chi connectivity index (χ1) is 14.1. The van der Waals surface area contributed by atoms with E-state index in [0.717, 1.165) is 22.2 Å². The number of nitrogens with zero attached hydrogens (tertiary/aromatic N) is 3. The van der Waals surface area contributed by atoms with Crippen LogP contribution < -0.4 is 5.32 Å². The number of pyridine rings is 2. The molecule has 6 nitrogen and oxygen atoms in total. The number of hydrogen-bond acceptors (Lipinski definition) is 4. The molecule has 0 saturated carbocycles. The van der Waals surface area contributed by atoms with Crippen LogP contribution in [0.25, 0.3) is 11.0 Å². The fourth-order valence-electron chi connectivity index (χ4n) is 3.28. The van der Waals surface area contributed by atoms with Gasteiger partial charge in [0, 0.05) is 43.6 Å². The first kappa shape index (κ1) is 18.8. The Morgan fingerprint density at radius 2 is 1.90 bits per heavy atom. The second-order valence-electron chi connectivity index (χ2n) is 6.73. The molecule has 0 aliphatic heterocycles. The molecule has 1 aromatic carbocycles. The number of benzene rings is 1. The molecule has 0 unspecified atom stereocenters. The Kier molecular flexibility index (Phi) is 5.31. The summed E-state index contributed by atoms with van der Waals surface area (Å²) in [6, 6.07) is 13.4. The van der Waals surface area contributed by atoms with Crippen LogP contribution in [0.5, 0.6) is 0 Å². The van der Waals surface area contributed by atoms with Crippen LogP contribution in [0.3, 0.4) is 0 Å². The minimum atomic E-state index is -0.969. The van der Waals surface area contributed by atoms with Crippen molar-refractivity contribution in [3.63, 3.8) is 0 Å². The number of nitrogens with one attached hydrogen (secondary N) is 1. The number of aromatic nitrogens is 3. The van der Waals surface area contributed by atoms with Crippen molar-refractivity contribution in [3.05, 3.63) is 95.3 Å². The number of carboxylic acid groups (broad SMARTS) is 1. The van der Waals surface area contributed by atoms with Crippen molar-refractivity contribution in [2.45, 2.75) is 19.6 Å². The molecule has 4 rings (SSSR count). The van der Waals surface area contributed by atoms with Crippen LogP contribution in [0.2, 0.25) is 0 Å². The van der Waals surface area contributed by atoms with Gasteiger partial charge in [0.15, 0.2) is 0 Å². The molecule has 0 spiro atoms. The average molecular weight is 390 g/mol. The maximum absolute atomic E-state index is 13.2. The van der Waals surface area contributed by atoms with Crippen LogP contribution in [0.4, 0.5) is 4.39 Å². The summed E-state index contributed by atoms with van der Waals surface area (Å²) in [5, 5.41) is 13.4. The molecule has 3 aromatic heterocycles. The van der Waals surface area contributed by atoms with Gasteiger partial charge >= 0.3 is 5.97 Å². The lowest BCUT2D eigenvalue weighted by atomic mass is 10.2. The van der Waals surface area contributed by atoms with Gasteiger partial charge in [-0.15, -0.1) is 0 Å². The van der Waals surface area contributed by atoms with Crippen LogP contribution in [-0.4, -0.2) is 25.6 Å². The van der Waals surface area contributed by atoms with Crippen molar-refractivity contribution in [2.75, 3.05) is 0 Å². The Labute approximate surface area is 166 Å². The predicted octanol–water partition coefficient (Wildman–Crippen LogP) is 3.61. The maximum atomic E-state index is 13.2. The fraction of sp³-hybridized carbons (Fsp3) is 0.136. The van der Waals surface area contributed by atoms with Gasteiger partial charge in [-0.3, -0.25) is 4.98 Å². The van der Waals surface area contributed by atoms with Gasteiger partial charge in [-0.1, -0.05) is 12.1 Å². The van der Waals surface area contributed by atoms with Crippen LogP contribution in [0.1, 0.15) is 27.2 Å². The Balaban J connectivity index is 1.51. The second-order valence-corrected chi connectivity index (χ2v) is 6.73. The molecule has 2 N–H and O–H groups in total. The Bertz CT molecular complexity index is 1160. The Morgan fingerprint density at radius 1 is 1.07 bits per heavy atom. The molecule has 0 saturated heterocycles. The molecule has 7 heteroatoms. The molecule has 0 radical (unpaired) electrons. The van der Waals surface area contributed by atoms with E-state index in [4.69, 9.17) is 5.11 Å². The smallest absolute Gasteiger partial charge is 0.335 e. The summed E-state index contributed by atoms with van der Waals surface area (Å²) in [5.74, 6) is -1.22. The molecule has 0 bridgehead atoms. The van der Waals surface area contributed by atoms with Crippen LogP contribution in [0, 0.1) is 5.82 Å². The normalized spacial score (nSPS) is 11.1. The zero-order valence-electron chi connectivity index (χ0n) is 15.5. The van der Waals surface area contributed by atoms with Gasteiger partial charge in [-0.25, -0.2) is 14.2 Å². The van der Waals surface area contributed by atoms with Crippen molar-refractivity contribution >= 4 is 17.0 Å². The highest BCUT2D eigenvalue weighted by Crippen LogP contribution is 2.21. The summed E-state index contributed by atoms with van der Waals surface area (Å²) in [6.07, 6.45) is 5.29. The van der Waals surface area contributed by atoms with E-state index in [-0.39, 0.29) is 11.4 Å². The monoisotopic (exact) mass is 390 g/mol. The van der Waals surface area contributed by atoms with E-state index >= 15 is 0 Å². The summed E-state index contributed by atoms with van der Waals surface area (Å²) in [7, 11) is 0. The summed E-state index contributed by atoms with van der Waals surface area (Å²) in [5.41, 5.74) is 3.81. The summed E-state index contributed by atoms with van der Waals surface area (Å²) < 4.78 is 15.2. The molecule has 3 heterocycles. The lowest BCUT2D eigenvalue weighted by Crippen LogP contribution is -2.14. The third-order valence-corrected chi connectivity index (χ3v) is 4.67. The topological polar surface area (TPSA) is 80.0 Å². The van der Waals surface area contributed by atoms with Crippen molar-refractivity contribution < 1.29 is 14.3 Å².